The summed E-state index contributed by atoms with van der Waals surface area (Å²) in [6.45, 7) is 3.95. The summed E-state index contributed by atoms with van der Waals surface area (Å²) >= 11 is 0. The van der Waals surface area contributed by atoms with Crippen LogP contribution in [0.15, 0.2) is 12.1 Å². The van der Waals surface area contributed by atoms with Gasteiger partial charge in [0.1, 0.15) is 11.4 Å². The van der Waals surface area contributed by atoms with Gasteiger partial charge in [0.15, 0.2) is 5.82 Å². The number of aromatic nitrogens is 2. The fourth-order valence-corrected chi connectivity index (χ4v) is 3.72. The van der Waals surface area contributed by atoms with Gasteiger partial charge < -0.3 is 30.9 Å². The third-order valence-corrected chi connectivity index (χ3v) is 5.34. The molecule has 0 amide bonds. The number of benzene rings is 1. The molecule has 34 heavy (non-hydrogen) atoms. The van der Waals surface area contributed by atoms with E-state index in [0.29, 0.717) is 29.5 Å². The molecule has 9 nitrogen and oxygen atoms in total. The van der Waals surface area contributed by atoms with Crippen LogP contribution in [-0.4, -0.2) is 55.1 Å². The van der Waals surface area contributed by atoms with E-state index in [9.17, 15) is 18.3 Å². The molecular weight excluding hydrogens is 455 g/mol. The SMILES string of the molecule is COC=O.COCc1cc(C(F)(F)F)cc(O)c1-c1nnc(NC2CCCNC2)c(CN)c1C. The summed E-state index contributed by atoms with van der Waals surface area (Å²) in [5.74, 6) is 0.0154. The van der Waals surface area contributed by atoms with Crippen molar-refractivity contribution in [3.05, 3.63) is 34.4 Å². The molecule has 1 aromatic heterocycles. The van der Waals surface area contributed by atoms with Crippen LogP contribution in [0.2, 0.25) is 0 Å². The highest BCUT2D eigenvalue weighted by atomic mass is 19.4. The summed E-state index contributed by atoms with van der Waals surface area (Å²) in [6.07, 6.45) is -2.57. The van der Waals surface area contributed by atoms with E-state index >= 15 is 0 Å². The number of anilines is 1. The second-order valence-corrected chi connectivity index (χ2v) is 7.68. The lowest BCUT2D eigenvalue weighted by Gasteiger charge is -2.26. The number of carbonyl (C=O) groups is 1. The van der Waals surface area contributed by atoms with Gasteiger partial charge in [0, 0.05) is 37.4 Å². The van der Waals surface area contributed by atoms with Gasteiger partial charge in [0.25, 0.3) is 6.47 Å². The maximum Gasteiger partial charge on any atom is 0.416 e. The topological polar surface area (TPSA) is 132 Å². The number of rotatable bonds is 7. The number of nitrogens with one attached hydrogen (secondary N) is 2. The predicted octanol–water partition coefficient (Wildman–Crippen LogP) is 2.73. The highest BCUT2D eigenvalue weighted by molar-refractivity contribution is 5.75. The minimum Gasteiger partial charge on any atom is -0.507 e. The van der Waals surface area contributed by atoms with Gasteiger partial charge in [-0.2, -0.15) is 13.2 Å². The molecule has 0 spiro atoms. The quantitative estimate of drug-likeness (QED) is 0.437. The van der Waals surface area contributed by atoms with Gasteiger partial charge in [0.2, 0.25) is 0 Å². The second-order valence-electron chi connectivity index (χ2n) is 7.68. The molecule has 0 radical (unpaired) electrons. The highest BCUT2D eigenvalue weighted by Crippen LogP contribution is 2.40. The number of alkyl halides is 3. The molecular formula is C22H30F3N5O4. The number of methoxy groups -OCH3 is 2. The maximum atomic E-state index is 13.2. The zero-order chi connectivity index (χ0) is 25.3. The molecule has 5 N–H and O–H groups in total. The molecule has 1 aliphatic rings. The Morgan fingerprint density at radius 1 is 1.32 bits per heavy atom. The summed E-state index contributed by atoms with van der Waals surface area (Å²) in [7, 11) is 2.68. The number of phenolic OH excluding ortho intramolecular Hbond substituents is 1. The van der Waals surface area contributed by atoms with Crippen LogP contribution in [0, 0.1) is 6.92 Å². The van der Waals surface area contributed by atoms with Crippen molar-refractivity contribution < 1.29 is 32.5 Å². The van der Waals surface area contributed by atoms with Crippen molar-refractivity contribution in [2.75, 3.05) is 32.6 Å². The van der Waals surface area contributed by atoms with Gasteiger partial charge in [0.05, 0.1) is 19.3 Å². The van der Waals surface area contributed by atoms with Gasteiger partial charge in [-0.05, 0) is 49.6 Å². The van der Waals surface area contributed by atoms with E-state index in [2.05, 4.69) is 25.6 Å². The summed E-state index contributed by atoms with van der Waals surface area (Å²) in [5, 5.41) is 25.6. The Labute approximate surface area is 195 Å². The van der Waals surface area contributed by atoms with Crippen LogP contribution in [-0.2, 0) is 33.6 Å². The number of piperidine rings is 1. The molecule has 1 unspecified atom stereocenters. The van der Waals surface area contributed by atoms with Crippen LogP contribution < -0.4 is 16.4 Å². The molecule has 2 aromatic rings. The Morgan fingerprint density at radius 2 is 2.03 bits per heavy atom. The third-order valence-electron chi connectivity index (χ3n) is 5.34. The Balaban J connectivity index is 0.000000945. The van der Waals surface area contributed by atoms with Gasteiger partial charge in [-0.3, -0.25) is 4.79 Å². The standard InChI is InChI=1S/C20H26F3N5O2.C2H4O2/c1-11-15(8-24)19(26-14-4-3-5-25-9-14)28-27-18(11)17-12(10-30-2)6-13(7-16(17)29)20(21,22)23;1-4-2-3/h6-7,14,25,29H,3-5,8-10,24H2,1-2H3,(H,26,28);2H,1H3. The van der Waals surface area contributed by atoms with E-state index in [1.807, 2.05) is 0 Å². The number of carbonyl (C=O) groups excluding carboxylic acids is 1. The van der Waals surface area contributed by atoms with Crippen molar-refractivity contribution >= 4 is 12.3 Å². The van der Waals surface area contributed by atoms with E-state index in [1.165, 1.54) is 14.2 Å². The maximum absolute atomic E-state index is 13.2. The largest absolute Gasteiger partial charge is 0.507 e. The zero-order valence-corrected chi connectivity index (χ0v) is 19.3. The van der Waals surface area contributed by atoms with E-state index in [0.717, 1.165) is 32.0 Å². The molecule has 1 fully saturated rings. The minimum absolute atomic E-state index is 0.125. The average Bonchev–Trinajstić information content (AvgIpc) is 2.80. The first-order valence-electron chi connectivity index (χ1n) is 10.6. The van der Waals surface area contributed by atoms with Gasteiger partial charge in [-0.1, -0.05) is 0 Å². The van der Waals surface area contributed by atoms with Crippen molar-refractivity contribution in [2.24, 2.45) is 5.73 Å². The summed E-state index contributed by atoms with van der Waals surface area (Å²) in [5.41, 5.74) is 6.96. The number of hydrogen-bond donors (Lipinski definition) is 4. The number of nitrogens with zero attached hydrogens (tertiary/aromatic N) is 2. The van der Waals surface area contributed by atoms with Gasteiger partial charge in [-0.25, -0.2) is 0 Å². The monoisotopic (exact) mass is 485 g/mol. The number of ether oxygens (including phenoxy) is 2. The predicted molar refractivity (Wildman–Crippen MR) is 120 cm³/mol. The first-order valence-corrected chi connectivity index (χ1v) is 10.6. The fraction of sp³-hybridized carbons (Fsp3) is 0.500. The van der Waals surface area contributed by atoms with Crippen molar-refractivity contribution in [3.8, 4) is 17.0 Å². The van der Waals surface area contributed by atoms with Crippen LogP contribution in [0.3, 0.4) is 0 Å². The third kappa shape index (κ3) is 6.78. The lowest BCUT2D eigenvalue weighted by Crippen LogP contribution is -2.39. The van der Waals surface area contributed by atoms with Crippen LogP contribution in [0.1, 0.15) is 35.1 Å². The summed E-state index contributed by atoms with van der Waals surface area (Å²) in [4.78, 5) is 8.95. The second kappa shape index (κ2) is 12.5. The lowest BCUT2D eigenvalue weighted by atomic mass is 9.95. The summed E-state index contributed by atoms with van der Waals surface area (Å²) < 4.78 is 48.5. The molecule has 2 heterocycles. The Bertz CT molecular complexity index is 967. The Morgan fingerprint density at radius 3 is 2.56 bits per heavy atom. The van der Waals surface area contributed by atoms with Crippen molar-refractivity contribution in [3.63, 3.8) is 0 Å². The number of aromatic hydroxyl groups is 1. The molecule has 0 bridgehead atoms. The van der Waals surface area contributed by atoms with Gasteiger partial charge in [-0.15, -0.1) is 10.2 Å². The molecule has 3 rings (SSSR count). The van der Waals surface area contributed by atoms with Crippen LogP contribution >= 0.6 is 0 Å². The lowest BCUT2D eigenvalue weighted by molar-refractivity contribution is -0.137. The van der Waals surface area contributed by atoms with Crippen LogP contribution in [0.4, 0.5) is 19.0 Å². The smallest absolute Gasteiger partial charge is 0.416 e. The molecule has 0 saturated carbocycles. The molecule has 0 aliphatic carbocycles. The van der Waals surface area contributed by atoms with E-state index in [1.54, 1.807) is 6.92 Å². The van der Waals surface area contributed by atoms with Crippen molar-refractivity contribution in [1.82, 2.24) is 15.5 Å². The number of hydrogen-bond acceptors (Lipinski definition) is 9. The Kier molecular flexibility index (Phi) is 10.0. The van der Waals surface area contributed by atoms with Crippen LogP contribution in [0.25, 0.3) is 11.3 Å². The fourth-order valence-electron chi connectivity index (χ4n) is 3.72. The normalized spacial score (nSPS) is 15.8. The minimum atomic E-state index is -4.59. The molecule has 1 saturated heterocycles. The number of phenols is 1. The first kappa shape index (κ1) is 27.3. The first-order chi connectivity index (χ1) is 16.2. The van der Waals surface area contributed by atoms with Gasteiger partial charge >= 0.3 is 6.18 Å². The zero-order valence-electron chi connectivity index (χ0n) is 19.3. The molecule has 12 heteroatoms. The Hall–Kier alpha value is -2.96. The summed E-state index contributed by atoms with van der Waals surface area (Å²) in [6, 6.07) is 1.84. The number of halogens is 3. The molecule has 1 atom stereocenters. The molecule has 1 aromatic carbocycles. The average molecular weight is 486 g/mol. The van der Waals surface area contributed by atoms with Crippen molar-refractivity contribution in [1.29, 1.82) is 0 Å². The van der Waals surface area contributed by atoms with Crippen molar-refractivity contribution in [2.45, 2.75) is 45.1 Å². The molecule has 188 valence electrons. The van der Waals surface area contributed by atoms with E-state index in [4.69, 9.17) is 15.3 Å². The number of nitrogens with two attached hydrogens (primary N) is 1. The van der Waals surface area contributed by atoms with E-state index in [-0.39, 0.29) is 36.0 Å². The molecule has 1 aliphatic heterocycles. The van der Waals surface area contributed by atoms with E-state index < -0.39 is 17.5 Å². The van der Waals surface area contributed by atoms with Crippen LogP contribution in [0.5, 0.6) is 5.75 Å². The highest BCUT2D eigenvalue weighted by Gasteiger charge is 2.33.